The zero-order valence-corrected chi connectivity index (χ0v) is 5.42. The molecule has 0 aliphatic heterocycles. The highest BCUT2D eigenvalue weighted by atomic mass is 16.4. The summed E-state index contributed by atoms with van der Waals surface area (Å²) in [6.07, 6.45) is -0.232. The Morgan fingerprint density at radius 1 is 1.80 bits per heavy atom. The molecule has 0 aliphatic carbocycles. The molecular formula is C5H6N3O2-. The average molecular weight is 140 g/mol. The summed E-state index contributed by atoms with van der Waals surface area (Å²) >= 11 is 0. The SMILES string of the molecule is Cc1nc(CC(=O)[O-])n[nH]1. The van der Waals surface area contributed by atoms with Gasteiger partial charge in [-0.25, -0.2) is 4.98 Å². The topological polar surface area (TPSA) is 81.7 Å². The van der Waals surface area contributed by atoms with Gasteiger partial charge in [-0.2, -0.15) is 5.10 Å². The van der Waals surface area contributed by atoms with E-state index in [0.29, 0.717) is 5.82 Å². The molecule has 0 fully saturated rings. The maximum absolute atomic E-state index is 9.97. The van der Waals surface area contributed by atoms with E-state index < -0.39 is 5.97 Å². The van der Waals surface area contributed by atoms with E-state index in [-0.39, 0.29) is 12.2 Å². The predicted molar refractivity (Wildman–Crippen MR) is 29.8 cm³/mol. The summed E-state index contributed by atoms with van der Waals surface area (Å²) in [4.78, 5) is 13.7. The Morgan fingerprint density at radius 2 is 2.50 bits per heavy atom. The van der Waals surface area contributed by atoms with Crippen LogP contribution in [0.5, 0.6) is 0 Å². The van der Waals surface area contributed by atoms with E-state index in [4.69, 9.17) is 0 Å². The monoisotopic (exact) mass is 140 g/mol. The van der Waals surface area contributed by atoms with Gasteiger partial charge in [-0.1, -0.05) is 0 Å². The van der Waals surface area contributed by atoms with Crippen LogP contribution in [-0.2, 0) is 11.2 Å². The standard InChI is InChI=1S/C5H7N3O2/c1-3-6-4(8-7-3)2-5(9)10/h2H2,1H3,(H,9,10)(H,6,7,8)/p-1. The van der Waals surface area contributed by atoms with Gasteiger partial charge in [-0.15, -0.1) is 0 Å². The fourth-order valence-corrected chi connectivity index (χ4v) is 0.597. The van der Waals surface area contributed by atoms with Crippen LogP contribution in [0.2, 0.25) is 0 Å². The van der Waals surface area contributed by atoms with Crippen molar-refractivity contribution in [3.63, 3.8) is 0 Å². The van der Waals surface area contributed by atoms with Gasteiger partial charge in [0.25, 0.3) is 0 Å². The van der Waals surface area contributed by atoms with Crippen LogP contribution in [0.25, 0.3) is 0 Å². The van der Waals surface area contributed by atoms with Gasteiger partial charge in [0.15, 0.2) is 5.82 Å². The molecule has 0 atom stereocenters. The average Bonchev–Trinajstić information content (AvgIpc) is 2.13. The van der Waals surface area contributed by atoms with Gasteiger partial charge in [-0.05, 0) is 6.92 Å². The first kappa shape index (κ1) is 6.73. The Hall–Kier alpha value is -1.39. The van der Waals surface area contributed by atoms with Crippen molar-refractivity contribution in [3.05, 3.63) is 11.6 Å². The number of aromatic amines is 1. The van der Waals surface area contributed by atoms with Crippen LogP contribution in [0, 0.1) is 6.92 Å². The molecule has 0 saturated heterocycles. The quantitative estimate of drug-likeness (QED) is 0.536. The molecule has 1 heterocycles. The molecule has 0 radical (unpaired) electrons. The summed E-state index contributed by atoms with van der Waals surface area (Å²) in [6, 6.07) is 0. The molecule has 0 bridgehead atoms. The summed E-state index contributed by atoms with van der Waals surface area (Å²) in [7, 11) is 0. The van der Waals surface area contributed by atoms with Gasteiger partial charge < -0.3 is 9.90 Å². The first-order valence-electron chi connectivity index (χ1n) is 2.76. The van der Waals surface area contributed by atoms with E-state index in [9.17, 15) is 9.90 Å². The number of aromatic nitrogens is 3. The first-order chi connectivity index (χ1) is 4.68. The normalized spacial score (nSPS) is 9.70. The molecule has 1 N–H and O–H groups in total. The van der Waals surface area contributed by atoms with Crippen molar-refractivity contribution in [2.24, 2.45) is 0 Å². The Labute approximate surface area is 57.1 Å². The second-order valence-electron chi connectivity index (χ2n) is 1.89. The lowest BCUT2D eigenvalue weighted by atomic mass is 10.4. The van der Waals surface area contributed by atoms with Crippen molar-refractivity contribution in [2.45, 2.75) is 13.3 Å². The van der Waals surface area contributed by atoms with E-state index in [1.165, 1.54) is 0 Å². The van der Waals surface area contributed by atoms with E-state index in [0.717, 1.165) is 0 Å². The number of carboxylic acids is 1. The molecule has 1 rings (SSSR count). The zero-order chi connectivity index (χ0) is 7.56. The van der Waals surface area contributed by atoms with Gasteiger partial charge in [0.05, 0.1) is 0 Å². The lowest BCUT2D eigenvalue weighted by Crippen LogP contribution is -2.24. The maximum atomic E-state index is 9.97. The molecule has 0 aromatic carbocycles. The minimum Gasteiger partial charge on any atom is -0.550 e. The van der Waals surface area contributed by atoms with Crippen molar-refractivity contribution in [1.82, 2.24) is 15.2 Å². The molecule has 0 unspecified atom stereocenters. The molecule has 1 aromatic heterocycles. The Kier molecular flexibility index (Phi) is 1.66. The molecule has 0 saturated carbocycles. The molecule has 0 amide bonds. The maximum Gasteiger partial charge on any atom is 0.156 e. The number of aryl methyl sites for hydroxylation is 1. The number of carbonyl (C=O) groups is 1. The zero-order valence-electron chi connectivity index (χ0n) is 5.42. The predicted octanol–water partition coefficient (Wildman–Crippen LogP) is -1.59. The van der Waals surface area contributed by atoms with Gasteiger partial charge in [0, 0.05) is 12.4 Å². The van der Waals surface area contributed by atoms with Crippen molar-refractivity contribution in [3.8, 4) is 0 Å². The third-order valence-corrected chi connectivity index (χ3v) is 0.946. The minimum atomic E-state index is -1.17. The number of H-pyrrole nitrogens is 1. The number of rotatable bonds is 2. The first-order valence-corrected chi connectivity index (χ1v) is 2.76. The van der Waals surface area contributed by atoms with E-state index in [2.05, 4.69) is 15.2 Å². The third-order valence-electron chi connectivity index (χ3n) is 0.946. The van der Waals surface area contributed by atoms with Gasteiger partial charge >= 0.3 is 0 Å². The summed E-state index contributed by atoms with van der Waals surface area (Å²) < 4.78 is 0. The summed E-state index contributed by atoms with van der Waals surface area (Å²) in [5.41, 5.74) is 0. The van der Waals surface area contributed by atoms with Gasteiger partial charge in [0.1, 0.15) is 5.82 Å². The van der Waals surface area contributed by atoms with Gasteiger partial charge in [0.2, 0.25) is 0 Å². The number of nitrogens with zero attached hydrogens (tertiary/aromatic N) is 2. The highest BCUT2D eigenvalue weighted by molar-refractivity contribution is 5.66. The van der Waals surface area contributed by atoms with E-state index in [1.807, 2.05) is 0 Å². The molecule has 1 aromatic rings. The largest absolute Gasteiger partial charge is 0.550 e. The minimum absolute atomic E-state index is 0.232. The van der Waals surface area contributed by atoms with Crippen molar-refractivity contribution >= 4 is 5.97 Å². The summed E-state index contributed by atoms with van der Waals surface area (Å²) in [6.45, 7) is 1.70. The lowest BCUT2D eigenvalue weighted by molar-refractivity contribution is -0.304. The van der Waals surface area contributed by atoms with Crippen LogP contribution < -0.4 is 5.11 Å². The Balaban J connectivity index is 2.67. The van der Waals surface area contributed by atoms with Crippen LogP contribution in [0.1, 0.15) is 11.6 Å². The van der Waals surface area contributed by atoms with Crippen LogP contribution in [0.15, 0.2) is 0 Å². The number of carboxylic acid groups (broad SMARTS) is 1. The third kappa shape index (κ3) is 1.54. The summed E-state index contributed by atoms with van der Waals surface area (Å²) in [5.74, 6) is -0.298. The number of nitrogens with one attached hydrogen (secondary N) is 1. The lowest BCUT2D eigenvalue weighted by Gasteiger charge is -1.93. The van der Waals surface area contributed by atoms with Crippen LogP contribution in [-0.4, -0.2) is 21.2 Å². The van der Waals surface area contributed by atoms with Crippen LogP contribution in [0.3, 0.4) is 0 Å². The van der Waals surface area contributed by atoms with Crippen LogP contribution >= 0.6 is 0 Å². The Bertz CT molecular complexity index is 243. The molecule has 0 aliphatic rings. The van der Waals surface area contributed by atoms with Crippen LogP contribution in [0.4, 0.5) is 0 Å². The van der Waals surface area contributed by atoms with Crippen molar-refractivity contribution < 1.29 is 9.90 Å². The smallest absolute Gasteiger partial charge is 0.156 e. The summed E-state index contributed by atoms with van der Waals surface area (Å²) in [5, 5.41) is 16.1. The number of aliphatic carboxylic acids is 1. The van der Waals surface area contributed by atoms with Crippen molar-refractivity contribution in [1.29, 1.82) is 0 Å². The fourth-order valence-electron chi connectivity index (χ4n) is 0.597. The molecule has 5 nitrogen and oxygen atoms in total. The molecule has 5 heteroatoms. The van der Waals surface area contributed by atoms with Crippen molar-refractivity contribution in [2.75, 3.05) is 0 Å². The molecule has 54 valence electrons. The number of hydrogen-bond donors (Lipinski definition) is 1. The molecule has 10 heavy (non-hydrogen) atoms. The molecular weight excluding hydrogens is 134 g/mol. The molecule has 0 spiro atoms. The Morgan fingerprint density at radius 3 is 2.90 bits per heavy atom. The fraction of sp³-hybridized carbons (Fsp3) is 0.400. The second kappa shape index (κ2) is 2.47. The second-order valence-corrected chi connectivity index (χ2v) is 1.89. The highest BCUT2D eigenvalue weighted by Crippen LogP contribution is 1.89. The van der Waals surface area contributed by atoms with E-state index in [1.54, 1.807) is 6.92 Å². The van der Waals surface area contributed by atoms with Gasteiger partial charge in [-0.3, -0.25) is 5.10 Å². The number of hydrogen-bond acceptors (Lipinski definition) is 4. The highest BCUT2D eigenvalue weighted by Gasteiger charge is 1.97. The number of carbonyl (C=O) groups excluding carboxylic acids is 1. The van der Waals surface area contributed by atoms with E-state index >= 15 is 0 Å².